The minimum Gasteiger partial charge on any atom is -0.467 e. The molecular formula is C9H12I2N2O3. The smallest absolute Gasteiger partial charge is 0.230 e. The number of carbonyl (C=O) groups is 2. The predicted octanol–water partition coefficient (Wildman–Crippen LogP) is 1.24. The van der Waals surface area contributed by atoms with Crippen LogP contribution >= 0.6 is 45.2 Å². The summed E-state index contributed by atoms with van der Waals surface area (Å²) in [6.45, 7) is 0.481. The fourth-order valence-corrected chi connectivity index (χ4v) is 0.916. The number of hydrogen-bond donors (Lipinski definition) is 2. The average molecular weight is 450 g/mol. The second-order valence-corrected chi connectivity index (χ2v) is 4.12. The minimum absolute atomic E-state index is 0.0296. The summed E-state index contributed by atoms with van der Waals surface area (Å²) in [7, 11) is 0. The molecule has 0 aliphatic carbocycles. The van der Waals surface area contributed by atoms with Crippen molar-refractivity contribution < 1.29 is 14.0 Å². The van der Waals surface area contributed by atoms with Crippen LogP contribution < -0.4 is 11.1 Å². The highest BCUT2D eigenvalue weighted by atomic mass is 127. The van der Waals surface area contributed by atoms with Crippen molar-refractivity contribution in [1.29, 1.82) is 0 Å². The number of alkyl halides is 2. The fraction of sp³-hybridized carbons (Fsp3) is 0.333. The number of amides is 2. The Kier molecular flexibility index (Phi) is 9.68. The first-order chi connectivity index (χ1) is 7.60. The third kappa shape index (κ3) is 8.95. The van der Waals surface area contributed by atoms with Gasteiger partial charge in [-0.2, -0.15) is 0 Å². The molecule has 0 bridgehead atoms. The first-order valence-corrected chi connectivity index (χ1v) is 7.34. The Labute approximate surface area is 121 Å². The van der Waals surface area contributed by atoms with E-state index in [1.54, 1.807) is 12.3 Å². The molecule has 90 valence electrons. The van der Waals surface area contributed by atoms with Crippen LogP contribution in [0.2, 0.25) is 0 Å². The second kappa shape index (κ2) is 9.87. The van der Waals surface area contributed by atoms with Crippen LogP contribution in [0, 0.1) is 0 Å². The number of rotatable bonds is 4. The van der Waals surface area contributed by atoms with Gasteiger partial charge in [-0.3, -0.25) is 9.59 Å². The maximum atomic E-state index is 10.7. The van der Waals surface area contributed by atoms with E-state index in [-0.39, 0.29) is 11.8 Å². The second-order valence-electron chi connectivity index (χ2n) is 2.59. The molecule has 0 aromatic carbocycles. The Morgan fingerprint density at radius 2 is 2.00 bits per heavy atom. The van der Waals surface area contributed by atoms with Crippen molar-refractivity contribution in [2.75, 3.05) is 8.86 Å². The lowest BCUT2D eigenvalue weighted by Gasteiger charge is -1.97. The highest BCUT2D eigenvalue weighted by Crippen LogP contribution is 1.98. The third-order valence-electron chi connectivity index (χ3n) is 1.29. The van der Waals surface area contributed by atoms with E-state index in [4.69, 9.17) is 4.42 Å². The molecule has 0 saturated carbocycles. The third-order valence-corrected chi connectivity index (χ3v) is 2.74. The van der Waals surface area contributed by atoms with Crippen LogP contribution in [0.3, 0.4) is 0 Å². The summed E-state index contributed by atoms with van der Waals surface area (Å²) >= 11 is 3.91. The molecule has 1 heterocycles. The first-order valence-electron chi connectivity index (χ1n) is 4.29. The number of furan rings is 1. The summed E-state index contributed by atoms with van der Waals surface area (Å²) < 4.78 is 5.91. The van der Waals surface area contributed by atoms with Crippen molar-refractivity contribution in [3.63, 3.8) is 0 Å². The Morgan fingerprint density at radius 3 is 2.38 bits per heavy atom. The number of carbonyl (C=O) groups excluding carboxylic acids is 2. The predicted molar refractivity (Wildman–Crippen MR) is 77.5 cm³/mol. The zero-order chi connectivity index (χ0) is 12.4. The summed E-state index contributed by atoms with van der Waals surface area (Å²) in [5, 5.41) is 2.69. The normalized spacial score (nSPS) is 8.88. The number of hydrogen-bond acceptors (Lipinski definition) is 3. The zero-order valence-corrected chi connectivity index (χ0v) is 12.7. The molecule has 0 spiro atoms. The minimum atomic E-state index is -0.259. The number of nitrogens with two attached hydrogens (primary N) is 1. The summed E-state index contributed by atoms with van der Waals surface area (Å²) in [6.07, 6.45) is 1.59. The summed E-state index contributed by atoms with van der Waals surface area (Å²) in [5.41, 5.74) is 4.65. The van der Waals surface area contributed by atoms with Crippen molar-refractivity contribution in [1.82, 2.24) is 5.32 Å². The molecule has 1 rings (SSSR count). The van der Waals surface area contributed by atoms with E-state index in [9.17, 15) is 9.59 Å². The van der Waals surface area contributed by atoms with Gasteiger partial charge in [0.05, 0.1) is 21.7 Å². The van der Waals surface area contributed by atoms with Gasteiger partial charge in [0.25, 0.3) is 0 Å². The van der Waals surface area contributed by atoms with E-state index in [0.717, 1.165) is 5.76 Å². The van der Waals surface area contributed by atoms with E-state index < -0.39 is 0 Å². The highest BCUT2D eigenvalue weighted by Gasteiger charge is 1.98. The van der Waals surface area contributed by atoms with Gasteiger partial charge in [0.15, 0.2) is 0 Å². The lowest BCUT2D eigenvalue weighted by Crippen LogP contribution is -2.23. The van der Waals surface area contributed by atoms with E-state index in [1.807, 2.05) is 51.2 Å². The molecule has 7 heteroatoms. The Balaban J connectivity index is 0.000000385. The van der Waals surface area contributed by atoms with E-state index in [1.165, 1.54) is 0 Å². The fourth-order valence-electron chi connectivity index (χ4n) is 0.646. The molecule has 0 saturated heterocycles. The molecule has 0 aliphatic rings. The molecule has 2 amide bonds. The van der Waals surface area contributed by atoms with Crippen molar-refractivity contribution in [3.05, 3.63) is 24.2 Å². The van der Waals surface area contributed by atoms with Crippen LogP contribution in [0.25, 0.3) is 0 Å². The highest BCUT2D eigenvalue weighted by molar-refractivity contribution is 14.1. The molecule has 0 unspecified atom stereocenters. The molecule has 1 aromatic heterocycles. The van der Waals surface area contributed by atoms with E-state index >= 15 is 0 Å². The Bertz CT molecular complexity index is 315. The van der Waals surface area contributed by atoms with Crippen molar-refractivity contribution in [2.45, 2.75) is 6.54 Å². The standard InChI is InChI=1S/C7H8INO2.C2H4INO/c8-4-7(10)9-5-6-2-1-3-11-6;3-1-2(4)5/h1-3H,4-5H2,(H,9,10);1H2,(H2,4,5). The number of halogens is 2. The lowest BCUT2D eigenvalue weighted by atomic mass is 10.4. The van der Waals surface area contributed by atoms with Crippen LogP contribution in [0.15, 0.2) is 22.8 Å². The van der Waals surface area contributed by atoms with Crippen LogP contribution in [-0.4, -0.2) is 20.7 Å². The molecule has 0 radical (unpaired) electrons. The van der Waals surface area contributed by atoms with Gasteiger partial charge in [0.2, 0.25) is 11.8 Å². The summed E-state index contributed by atoms with van der Waals surface area (Å²) in [6, 6.07) is 3.62. The average Bonchev–Trinajstić information content (AvgIpc) is 2.79. The molecule has 0 atom stereocenters. The Morgan fingerprint density at radius 1 is 1.38 bits per heavy atom. The first kappa shape index (κ1) is 15.7. The van der Waals surface area contributed by atoms with Gasteiger partial charge in [0, 0.05) is 0 Å². The lowest BCUT2D eigenvalue weighted by molar-refractivity contribution is -0.118. The maximum Gasteiger partial charge on any atom is 0.230 e. The van der Waals surface area contributed by atoms with Gasteiger partial charge in [-0.1, -0.05) is 45.2 Å². The van der Waals surface area contributed by atoms with Gasteiger partial charge in [-0.15, -0.1) is 0 Å². The Hall–Kier alpha value is -0.320. The maximum absolute atomic E-state index is 10.7. The topological polar surface area (TPSA) is 85.3 Å². The molecule has 16 heavy (non-hydrogen) atoms. The molecule has 0 fully saturated rings. The monoisotopic (exact) mass is 450 g/mol. The molecule has 5 nitrogen and oxygen atoms in total. The van der Waals surface area contributed by atoms with Gasteiger partial charge in [-0.25, -0.2) is 0 Å². The van der Waals surface area contributed by atoms with E-state index in [0.29, 0.717) is 15.4 Å². The van der Waals surface area contributed by atoms with Gasteiger partial charge in [-0.05, 0) is 12.1 Å². The van der Waals surface area contributed by atoms with Crippen molar-refractivity contribution in [3.8, 4) is 0 Å². The number of primary amides is 1. The summed E-state index contributed by atoms with van der Waals surface area (Å²) in [4.78, 5) is 20.3. The van der Waals surface area contributed by atoms with Crippen molar-refractivity contribution >= 4 is 57.0 Å². The molecule has 3 N–H and O–H groups in total. The van der Waals surface area contributed by atoms with Gasteiger partial charge < -0.3 is 15.5 Å². The largest absolute Gasteiger partial charge is 0.467 e. The quantitative estimate of drug-likeness (QED) is 0.535. The van der Waals surface area contributed by atoms with Gasteiger partial charge in [0.1, 0.15) is 5.76 Å². The molecule has 0 aliphatic heterocycles. The van der Waals surface area contributed by atoms with Gasteiger partial charge >= 0.3 is 0 Å². The number of nitrogens with one attached hydrogen (secondary N) is 1. The van der Waals surface area contributed by atoms with E-state index in [2.05, 4.69) is 11.1 Å². The zero-order valence-electron chi connectivity index (χ0n) is 8.41. The van der Waals surface area contributed by atoms with Crippen LogP contribution in [0.5, 0.6) is 0 Å². The SMILES string of the molecule is NC(=O)CI.O=C(CI)NCc1ccco1. The van der Waals surface area contributed by atoms with Crippen molar-refractivity contribution in [2.24, 2.45) is 5.73 Å². The molecule has 1 aromatic rings. The summed E-state index contributed by atoms with van der Waals surface area (Å²) in [5.74, 6) is 0.552. The van der Waals surface area contributed by atoms with Crippen LogP contribution in [0.1, 0.15) is 5.76 Å². The van der Waals surface area contributed by atoms with Crippen LogP contribution in [0.4, 0.5) is 0 Å². The molecular weight excluding hydrogens is 438 g/mol. The van der Waals surface area contributed by atoms with Crippen LogP contribution in [-0.2, 0) is 16.1 Å².